The highest BCUT2D eigenvalue weighted by atomic mass is 19.1. The number of hydrogen-bond acceptors (Lipinski definition) is 7. The summed E-state index contributed by atoms with van der Waals surface area (Å²) in [7, 11) is 0. The van der Waals surface area contributed by atoms with Crippen molar-refractivity contribution in [2.24, 2.45) is 11.7 Å². The van der Waals surface area contributed by atoms with Crippen LogP contribution in [-0.2, 0) is 9.53 Å². The summed E-state index contributed by atoms with van der Waals surface area (Å²) < 4.78 is 63.3. The first-order valence-corrected chi connectivity index (χ1v) is 11.7. The predicted molar refractivity (Wildman–Crippen MR) is 123 cm³/mol. The lowest BCUT2D eigenvalue weighted by Gasteiger charge is -2.29. The number of primary amides is 1. The zero-order valence-electron chi connectivity index (χ0n) is 19.2. The van der Waals surface area contributed by atoms with Crippen molar-refractivity contribution in [3.63, 3.8) is 0 Å². The summed E-state index contributed by atoms with van der Waals surface area (Å²) in [4.78, 5) is 24.8. The van der Waals surface area contributed by atoms with Crippen LogP contribution in [0.2, 0.25) is 0 Å². The van der Waals surface area contributed by atoms with Crippen molar-refractivity contribution in [3.05, 3.63) is 35.8 Å². The fourth-order valence-corrected chi connectivity index (χ4v) is 4.82. The lowest BCUT2D eigenvalue weighted by molar-refractivity contribution is -0.122. The topological polar surface area (TPSA) is 120 Å². The lowest BCUT2D eigenvalue weighted by atomic mass is 9.85. The molecule has 4 N–H and O–H groups in total. The average Bonchev–Trinajstić information content (AvgIpc) is 3.20. The van der Waals surface area contributed by atoms with Gasteiger partial charge in [-0.15, -0.1) is 0 Å². The normalized spacial score (nSPS) is 24.6. The molecule has 1 saturated heterocycles. The molecule has 36 heavy (non-hydrogen) atoms. The first kappa shape index (κ1) is 24.2. The number of rotatable bonds is 6. The van der Waals surface area contributed by atoms with Crippen molar-refractivity contribution in [1.82, 2.24) is 19.5 Å². The molecule has 2 fully saturated rings. The van der Waals surface area contributed by atoms with Gasteiger partial charge in [0.2, 0.25) is 17.8 Å². The maximum absolute atomic E-state index is 14.4. The predicted octanol–water partition coefficient (Wildman–Crippen LogP) is 3.74. The molecule has 2 aliphatic rings. The van der Waals surface area contributed by atoms with Gasteiger partial charge in [-0.3, -0.25) is 9.36 Å². The maximum Gasteiger partial charge on any atom is 0.225 e. The fraction of sp³-hybridized carbons (Fsp3) is 0.478. The monoisotopic (exact) mass is 507 g/mol. The number of alkyl halides is 1. The van der Waals surface area contributed by atoms with E-state index in [1.54, 1.807) is 4.57 Å². The maximum atomic E-state index is 14.4. The van der Waals surface area contributed by atoms with Gasteiger partial charge in [0.1, 0.15) is 23.2 Å². The summed E-state index contributed by atoms with van der Waals surface area (Å²) in [6.07, 6.45) is 2.79. The standard InChI is InChI=1S/C23H25F4N7O2/c24-12-7-14(25)19(15(26)8-12)32-23-31-18-9-29-22(30-17-5-6-36-10-16(17)27)33-21(18)34(23)13-3-1-11(2-4-13)20(28)35/h7-9,11,13,16-17H,1-6,10H2,(H2,28,35)(H,31,32)(H,29,30,33)/t11-,13+,16-,17+/m0/s1. The highest BCUT2D eigenvalue weighted by Crippen LogP contribution is 2.37. The Morgan fingerprint density at radius 2 is 1.81 bits per heavy atom. The van der Waals surface area contributed by atoms with Gasteiger partial charge in [-0.1, -0.05) is 0 Å². The van der Waals surface area contributed by atoms with E-state index >= 15 is 0 Å². The van der Waals surface area contributed by atoms with Crippen molar-refractivity contribution >= 4 is 34.7 Å². The molecule has 1 aliphatic carbocycles. The molecule has 192 valence electrons. The van der Waals surface area contributed by atoms with Gasteiger partial charge in [-0.25, -0.2) is 27.5 Å². The number of carbonyl (C=O) groups excluding carboxylic acids is 1. The van der Waals surface area contributed by atoms with Gasteiger partial charge in [0, 0.05) is 30.7 Å². The molecule has 1 amide bonds. The molecule has 0 radical (unpaired) electrons. The van der Waals surface area contributed by atoms with Gasteiger partial charge in [0.15, 0.2) is 17.3 Å². The van der Waals surface area contributed by atoms with E-state index in [1.165, 1.54) is 6.20 Å². The number of hydrogen-bond donors (Lipinski definition) is 3. The number of anilines is 3. The second kappa shape index (κ2) is 9.88. The van der Waals surface area contributed by atoms with E-state index in [0.717, 1.165) is 0 Å². The Morgan fingerprint density at radius 3 is 2.47 bits per heavy atom. The molecule has 0 unspecified atom stereocenters. The third-order valence-electron chi connectivity index (χ3n) is 6.74. The summed E-state index contributed by atoms with van der Waals surface area (Å²) in [6, 6.07) is 0.386. The van der Waals surface area contributed by atoms with Gasteiger partial charge in [-0.2, -0.15) is 4.98 Å². The number of benzene rings is 1. The third kappa shape index (κ3) is 4.79. The molecule has 9 nitrogen and oxygen atoms in total. The number of nitrogens with two attached hydrogens (primary N) is 1. The molecule has 5 rings (SSSR count). The van der Waals surface area contributed by atoms with E-state index in [2.05, 4.69) is 25.6 Å². The van der Waals surface area contributed by atoms with Gasteiger partial charge < -0.3 is 21.1 Å². The number of imidazole rings is 1. The Hall–Kier alpha value is -3.48. The number of halogens is 4. The minimum Gasteiger partial charge on any atom is -0.378 e. The molecule has 3 heterocycles. The van der Waals surface area contributed by atoms with Crippen LogP contribution in [0.4, 0.5) is 35.1 Å². The van der Waals surface area contributed by atoms with Crippen LogP contribution < -0.4 is 16.4 Å². The Labute approximate surface area is 203 Å². The van der Waals surface area contributed by atoms with Crippen LogP contribution in [0.25, 0.3) is 11.2 Å². The van der Waals surface area contributed by atoms with Crippen molar-refractivity contribution in [2.45, 2.75) is 50.4 Å². The van der Waals surface area contributed by atoms with Gasteiger partial charge in [0.05, 0.1) is 18.8 Å². The molecule has 1 aromatic carbocycles. The Bertz CT molecular complexity index is 1260. The highest BCUT2D eigenvalue weighted by molar-refractivity contribution is 5.78. The zero-order valence-corrected chi connectivity index (χ0v) is 19.2. The highest BCUT2D eigenvalue weighted by Gasteiger charge is 2.30. The van der Waals surface area contributed by atoms with E-state index in [-0.39, 0.29) is 36.4 Å². The molecule has 1 aliphatic heterocycles. The molecule has 2 aromatic heterocycles. The molecule has 2 atom stereocenters. The molecular formula is C23H25F4N7O2. The SMILES string of the molecule is NC(=O)[C@H]1CC[C@@H](n2c(Nc3c(F)cc(F)cc3F)nc3cnc(N[C@@H]4CCOC[C@@H]4F)nc32)CC1. The molecule has 13 heteroatoms. The van der Waals surface area contributed by atoms with Crippen LogP contribution in [0.3, 0.4) is 0 Å². The first-order valence-electron chi connectivity index (χ1n) is 11.7. The second-order valence-electron chi connectivity index (χ2n) is 9.12. The van der Waals surface area contributed by atoms with Crippen LogP contribution in [0.1, 0.15) is 38.1 Å². The van der Waals surface area contributed by atoms with Crippen molar-refractivity contribution < 1.29 is 27.1 Å². The van der Waals surface area contributed by atoms with E-state index in [9.17, 15) is 22.4 Å². The zero-order chi connectivity index (χ0) is 25.4. The summed E-state index contributed by atoms with van der Waals surface area (Å²) in [5, 5.41) is 5.64. The van der Waals surface area contributed by atoms with E-state index in [1.807, 2.05) is 0 Å². The Kier molecular flexibility index (Phi) is 6.65. The number of carbonyl (C=O) groups is 1. The quantitative estimate of drug-likeness (QED) is 0.435. The van der Waals surface area contributed by atoms with Crippen molar-refractivity contribution in [1.29, 1.82) is 0 Å². The number of fused-ring (bicyclic) bond motifs is 1. The van der Waals surface area contributed by atoms with Crippen LogP contribution in [0.15, 0.2) is 18.3 Å². The van der Waals surface area contributed by atoms with Crippen LogP contribution in [0.5, 0.6) is 0 Å². The number of nitrogens with one attached hydrogen (secondary N) is 2. The molecule has 1 saturated carbocycles. The van der Waals surface area contributed by atoms with Gasteiger partial charge in [0.25, 0.3) is 0 Å². The molecule has 3 aromatic rings. The summed E-state index contributed by atoms with van der Waals surface area (Å²) in [6.45, 7) is 0.383. The van der Waals surface area contributed by atoms with Crippen LogP contribution in [-0.4, -0.2) is 50.9 Å². The van der Waals surface area contributed by atoms with E-state index < -0.39 is 35.4 Å². The summed E-state index contributed by atoms with van der Waals surface area (Å²) >= 11 is 0. The van der Waals surface area contributed by atoms with Crippen LogP contribution >= 0.6 is 0 Å². The number of nitrogens with zero attached hydrogens (tertiary/aromatic N) is 4. The number of ether oxygens (including phenoxy) is 1. The second-order valence-corrected chi connectivity index (χ2v) is 9.12. The van der Waals surface area contributed by atoms with Crippen molar-refractivity contribution in [3.8, 4) is 0 Å². The largest absolute Gasteiger partial charge is 0.378 e. The first-order chi connectivity index (χ1) is 17.3. The van der Waals surface area contributed by atoms with Gasteiger partial charge in [-0.05, 0) is 32.1 Å². The van der Waals surface area contributed by atoms with Gasteiger partial charge >= 0.3 is 0 Å². The smallest absolute Gasteiger partial charge is 0.225 e. The summed E-state index contributed by atoms with van der Waals surface area (Å²) in [5.74, 6) is -3.66. The van der Waals surface area contributed by atoms with Crippen LogP contribution in [0, 0.1) is 23.4 Å². The fourth-order valence-electron chi connectivity index (χ4n) is 4.82. The minimum absolute atomic E-state index is 0.0240. The molecular weight excluding hydrogens is 482 g/mol. The number of aromatic nitrogens is 4. The van der Waals surface area contributed by atoms with E-state index in [4.69, 9.17) is 10.5 Å². The van der Waals surface area contributed by atoms with Crippen molar-refractivity contribution in [2.75, 3.05) is 23.8 Å². The lowest BCUT2D eigenvalue weighted by Crippen LogP contribution is -2.39. The third-order valence-corrected chi connectivity index (χ3v) is 6.74. The molecule has 0 spiro atoms. The van der Waals surface area contributed by atoms with E-state index in [0.29, 0.717) is 62.0 Å². The Morgan fingerprint density at radius 1 is 1.08 bits per heavy atom. The Balaban J connectivity index is 1.53. The average molecular weight is 507 g/mol. The minimum atomic E-state index is -1.23. The summed E-state index contributed by atoms with van der Waals surface area (Å²) in [5.41, 5.74) is 5.61. The molecule has 0 bridgehead atoms. The number of amides is 1.